The minimum absolute atomic E-state index is 0. The summed E-state index contributed by atoms with van der Waals surface area (Å²) in [6.07, 6.45) is 0.894. The van der Waals surface area contributed by atoms with Crippen LogP contribution in [0, 0.1) is 5.92 Å². The van der Waals surface area contributed by atoms with Crippen molar-refractivity contribution in [1.82, 2.24) is 10.3 Å². The third-order valence-corrected chi connectivity index (χ3v) is 5.39. The van der Waals surface area contributed by atoms with Crippen molar-refractivity contribution in [3.63, 3.8) is 0 Å². The van der Waals surface area contributed by atoms with E-state index in [9.17, 15) is 4.79 Å². The van der Waals surface area contributed by atoms with Crippen LogP contribution in [0.1, 0.15) is 29.9 Å². The van der Waals surface area contributed by atoms with Gasteiger partial charge in [-0.1, -0.05) is 25.2 Å². The van der Waals surface area contributed by atoms with Crippen LogP contribution >= 0.6 is 47.5 Å². The number of hydrogen-bond donors (Lipinski definition) is 2. The van der Waals surface area contributed by atoms with Crippen LogP contribution in [0.15, 0.2) is 6.07 Å². The van der Waals surface area contributed by atoms with Gasteiger partial charge in [-0.15, -0.1) is 36.2 Å². The average molecular weight is 399 g/mol. The number of carbonyl (C=O) groups excluding carboxylic acids is 1. The van der Waals surface area contributed by atoms with Gasteiger partial charge in [-0.25, -0.2) is 4.98 Å². The first-order chi connectivity index (χ1) is 9.90. The number of anilines is 1. The van der Waals surface area contributed by atoms with Crippen molar-refractivity contribution in [3.05, 3.63) is 10.9 Å². The van der Waals surface area contributed by atoms with E-state index in [0.29, 0.717) is 17.3 Å². The number of fused-ring (bicyclic) bond motifs is 1. The molecule has 0 saturated carbocycles. The van der Waals surface area contributed by atoms with Crippen molar-refractivity contribution in [2.75, 3.05) is 25.5 Å². The molecule has 2 aromatic heterocycles. The molecule has 0 aliphatic heterocycles. The highest BCUT2D eigenvalue weighted by Crippen LogP contribution is 2.33. The third kappa shape index (κ3) is 5.76. The van der Waals surface area contributed by atoms with E-state index in [1.165, 1.54) is 11.3 Å². The van der Waals surface area contributed by atoms with Crippen molar-refractivity contribution in [1.29, 1.82) is 0 Å². The summed E-state index contributed by atoms with van der Waals surface area (Å²) in [7, 11) is 3.93. The van der Waals surface area contributed by atoms with Gasteiger partial charge in [0.1, 0.15) is 4.83 Å². The lowest BCUT2D eigenvalue weighted by atomic mass is 10.0. The highest BCUT2D eigenvalue weighted by molar-refractivity contribution is 7.29. The highest BCUT2D eigenvalue weighted by atomic mass is 35.5. The molecule has 1 amide bonds. The second-order valence-electron chi connectivity index (χ2n) is 5.71. The highest BCUT2D eigenvalue weighted by Gasteiger charge is 2.18. The lowest BCUT2D eigenvalue weighted by Crippen LogP contribution is -2.40. The summed E-state index contributed by atoms with van der Waals surface area (Å²) in [5, 5.41) is 3.98. The van der Waals surface area contributed by atoms with Crippen LogP contribution in [0.5, 0.6) is 0 Å². The number of carbonyl (C=O) groups is 1. The Labute approximate surface area is 157 Å². The Bertz CT molecular complexity index is 596. The molecule has 2 heterocycles. The number of nitrogens with two attached hydrogens (primary N) is 1. The molecule has 1 unspecified atom stereocenters. The van der Waals surface area contributed by atoms with Crippen molar-refractivity contribution < 1.29 is 4.79 Å². The monoisotopic (exact) mass is 398 g/mol. The lowest BCUT2D eigenvalue weighted by Gasteiger charge is -2.18. The van der Waals surface area contributed by atoms with Crippen molar-refractivity contribution in [2.24, 2.45) is 11.7 Å². The summed E-state index contributed by atoms with van der Waals surface area (Å²) in [5.74, 6) is 0.461. The zero-order valence-electron chi connectivity index (χ0n) is 13.7. The second-order valence-corrected chi connectivity index (χ2v) is 7.75. The van der Waals surface area contributed by atoms with Crippen LogP contribution in [0.4, 0.5) is 5.13 Å². The zero-order chi connectivity index (χ0) is 15.6. The Morgan fingerprint density at radius 3 is 2.48 bits per heavy atom. The maximum atomic E-state index is 12.3. The first kappa shape index (κ1) is 22.4. The van der Waals surface area contributed by atoms with Gasteiger partial charge in [0.25, 0.3) is 5.91 Å². The molecule has 0 radical (unpaired) electrons. The smallest absolute Gasteiger partial charge is 0.261 e. The molecule has 2 aromatic rings. The van der Waals surface area contributed by atoms with E-state index < -0.39 is 0 Å². The van der Waals surface area contributed by atoms with Gasteiger partial charge in [0.05, 0.1) is 9.58 Å². The largest absolute Gasteiger partial charge is 0.354 e. The Balaban J connectivity index is 0.00000242. The average Bonchev–Trinajstić information content (AvgIpc) is 2.95. The number of hydrogen-bond acceptors (Lipinski definition) is 6. The predicted molar refractivity (Wildman–Crippen MR) is 106 cm³/mol. The van der Waals surface area contributed by atoms with Crippen LogP contribution in [-0.2, 0) is 0 Å². The third-order valence-electron chi connectivity index (χ3n) is 3.06. The van der Waals surface area contributed by atoms with Gasteiger partial charge in [-0.3, -0.25) is 4.79 Å². The molecule has 0 aromatic carbocycles. The Hall–Kier alpha value is -0.600. The topological polar surface area (TPSA) is 71.2 Å². The van der Waals surface area contributed by atoms with Crippen LogP contribution in [-0.4, -0.2) is 37.6 Å². The summed E-state index contributed by atoms with van der Waals surface area (Å²) in [5.41, 5.74) is 5.73. The quantitative estimate of drug-likeness (QED) is 0.781. The van der Waals surface area contributed by atoms with Crippen LogP contribution in [0.3, 0.4) is 0 Å². The van der Waals surface area contributed by atoms with Gasteiger partial charge in [-0.05, 0) is 18.4 Å². The number of amides is 1. The summed E-state index contributed by atoms with van der Waals surface area (Å²) >= 11 is 3.03. The fourth-order valence-corrected chi connectivity index (χ4v) is 4.10. The van der Waals surface area contributed by atoms with E-state index in [1.807, 2.05) is 25.1 Å². The number of aromatic nitrogens is 1. The maximum Gasteiger partial charge on any atom is 0.261 e. The minimum Gasteiger partial charge on any atom is -0.354 e. The van der Waals surface area contributed by atoms with Gasteiger partial charge >= 0.3 is 0 Å². The molecular weight excluding hydrogens is 375 g/mol. The molecule has 23 heavy (non-hydrogen) atoms. The number of thiophene rings is 1. The molecule has 2 rings (SSSR count). The summed E-state index contributed by atoms with van der Waals surface area (Å²) < 4.78 is 1.06. The Kier molecular flexibility index (Phi) is 9.39. The van der Waals surface area contributed by atoms with Crippen LogP contribution < -0.4 is 16.0 Å². The minimum atomic E-state index is -0.0484. The van der Waals surface area contributed by atoms with E-state index in [2.05, 4.69) is 24.1 Å². The standard InChI is InChI=1S/C14H22N4OS2.2ClH/c1-8(2)5-9(7-15)16-12(19)10-6-11-13(20-10)17-14(21-11)18(3)4;;/h6,8-9H,5,7,15H2,1-4H3,(H,16,19);2*1H. The molecule has 132 valence electrons. The van der Waals surface area contributed by atoms with Crippen molar-refractivity contribution in [3.8, 4) is 0 Å². The van der Waals surface area contributed by atoms with E-state index in [4.69, 9.17) is 5.73 Å². The molecule has 0 fully saturated rings. The number of halogens is 2. The van der Waals surface area contributed by atoms with Gasteiger partial charge in [-0.2, -0.15) is 0 Å². The van der Waals surface area contributed by atoms with E-state index in [-0.39, 0.29) is 36.8 Å². The van der Waals surface area contributed by atoms with E-state index in [0.717, 1.165) is 21.1 Å². The fourth-order valence-electron chi connectivity index (χ4n) is 2.07. The zero-order valence-corrected chi connectivity index (χ0v) is 16.9. The van der Waals surface area contributed by atoms with E-state index in [1.54, 1.807) is 11.3 Å². The number of nitrogens with zero attached hydrogens (tertiary/aromatic N) is 2. The molecular formula is C14H24Cl2N4OS2. The Morgan fingerprint density at radius 2 is 2.00 bits per heavy atom. The van der Waals surface area contributed by atoms with E-state index >= 15 is 0 Å². The summed E-state index contributed by atoms with van der Waals surface area (Å²) in [6, 6.07) is 1.95. The molecule has 3 N–H and O–H groups in total. The molecule has 9 heteroatoms. The maximum absolute atomic E-state index is 12.3. The molecule has 5 nitrogen and oxygen atoms in total. The van der Waals surface area contributed by atoms with Gasteiger partial charge in [0.2, 0.25) is 0 Å². The molecule has 0 bridgehead atoms. The van der Waals surface area contributed by atoms with Crippen LogP contribution in [0.25, 0.3) is 9.53 Å². The molecule has 0 saturated heterocycles. The molecule has 1 atom stereocenters. The molecule has 0 spiro atoms. The van der Waals surface area contributed by atoms with Crippen molar-refractivity contribution >= 4 is 68.1 Å². The Morgan fingerprint density at radius 1 is 1.35 bits per heavy atom. The number of nitrogens with one attached hydrogen (secondary N) is 1. The second kappa shape index (κ2) is 9.64. The fraction of sp³-hybridized carbons (Fsp3) is 0.571. The predicted octanol–water partition coefficient (Wildman–Crippen LogP) is 3.37. The molecule has 0 aliphatic carbocycles. The first-order valence-corrected chi connectivity index (χ1v) is 8.62. The van der Waals surface area contributed by atoms with Gasteiger partial charge in [0, 0.05) is 26.7 Å². The summed E-state index contributed by atoms with van der Waals surface area (Å²) in [4.78, 5) is 20.4. The SMILES string of the molecule is CC(C)CC(CN)NC(=O)c1cc2sc(N(C)C)nc2s1.Cl.Cl. The first-order valence-electron chi connectivity index (χ1n) is 6.99. The summed E-state index contributed by atoms with van der Waals surface area (Å²) in [6.45, 7) is 4.72. The van der Waals surface area contributed by atoms with Crippen molar-refractivity contribution in [2.45, 2.75) is 26.3 Å². The number of rotatable bonds is 6. The molecule has 0 aliphatic rings. The lowest BCUT2D eigenvalue weighted by molar-refractivity contribution is 0.0938. The van der Waals surface area contributed by atoms with Gasteiger partial charge in [0.15, 0.2) is 5.13 Å². The van der Waals surface area contributed by atoms with Gasteiger partial charge < -0.3 is 16.0 Å². The normalized spacial score (nSPS) is 11.7. The number of thiazole rings is 1. The van der Waals surface area contributed by atoms with Crippen LogP contribution in [0.2, 0.25) is 0 Å².